The number of hydrogen-bond acceptors (Lipinski definition) is 5. The number of rotatable bonds is 10. The molecule has 0 aliphatic rings. The van der Waals surface area contributed by atoms with Gasteiger partial charge in [-0.05, 0) is 30.5 Å². The van der Waals surface area contributed by atoms with Crippen molar-refractivity contribution in [2.24, 2.45) is 5.92 Å². The van der Waals surface area contributed by atoms with Crippen molar-refractivity contribution in [2.45, 2.75) is 33.9 Å². The number of nitrogens with one attached hydrogen (secondary N) is 1. The van der Waals surface area contributed by atoms with Gasteiger partial charge < -0.3 is 19.5 Å². The number of aromatic nitrogens is 1. The van der Waals surface area contributed by atoms with E-state index in [2.05, 4.69) is 10.5 Å². The average molecular weight is 436 g/mol. The van der Waals surface area contributed by atoms with E-state index in [1.807, 2.05) is 63.2 Å². The quantitative estimate of drug-likeness (QED) is 0.521. The van der Waals surface area contributed by atoms with Crippen LogP contribution in [0.4, 0.5) is 0 Å². The largest absolute Gasteiger partial charge is 0.484 e. The van der Waals surface area contributed by atoms with Crippen molar-refractivity contribution >= 4 is 11.8 Å². The lowest BCUT2D eigenvalue weighted by Crippen LogP contribution is -2.37. The topological polar surface area (TPSA) is 84.7 Å². The predicted molar refractivity (Wildman–Crippen MR) is 121 cm³/mol. The molecular weight excluding hydrogens is 406 g/mol. The maximum absolute atomic E-state index is 12.7. The summed E-state index contributed by atoms with van der Waals surface area (Å²) in [5.41, 5.74) is 2.35. The summed E-state index contributed by atoms with van der Waals surface area (Å²) in [7, 11) is 0. The lowest BCUT2D eigenvalue weighted by atomic mass is 10.1. The first-order valence-electron chi connectivity index (χ1n) is 10.7. The normalized spacial score (nSPS) is 10.8. The number of carbonyl (C=O) groups excluding carboxylic acids is 2. The van der Waals surface area contributed by atoms with Crippen LogP contribution < -0.4 is 10.1 Å². The zero-order valence-electron chi connectivity index (χ0n) is 18.7. The molecule has 0 aliphatic carbocycles. The monoisotopic (exact) mass is 435 g/mol. The van der Waals surface area contributed by atoms with Crippen LogP contribution in [0.3, 0.4) is 0 Å². The summed E-state index contributed by atoms with van der Waals surface area (Å²) >= 11 is 0. The molecule has 0 atom stereocenters. The molecule has 0 aliphatic heterocycles. The predicted octanol–water partition coefficient (Wildman–Crippen LogP) is 3.98. The summed E-state index contributed by atoms with van der Waals surface area (Å²) in [6.07, 6.45) is 0. The molecule has 168 valence electrons. The number of amides is 2. The minimum Gasteiger partial charge on any atom is -0.484 e. The molecule has 1 heterocycles. The Morgan fingerprint density at radius 3 is 2.50 bits per heavy atom. The van der Waals surface area contributed by atoms with Gasteiger partial charge in [0.2, 0.25) is 0 Å². The van der Waals surface area contributed by atoms with Crippen LogP contribution in [0.5, 0.6) is 5.75 Å². The van der Waals surface area contributed by atoms with Crippen LogP contribution in [0.15, 0.2) is 65.2 Å². The van der Waals surface area contributed by atoms with E-state index in [1.54, 1.807) is 23.1 Å². The minimum atomic E-state index is -0.324. The molecular formula is C25H29N3O4. The van der Waals surface area contributed by atoms with Gasteiger partial charge in [0.15, 0.2) is 18.1 Å². The summed E-state index contributed by atoms with van der Waals surface area (Å²) in [5.74, 6) is 0.853. The third kappa shape index (κ3) is 6.97. The molecule has 2 amide bonds. The van der Waals surface area contributed by atoms with E-state index in [1.165, 1.54) is 0 Å². The van der Waals surface area contributed by atoms with Crippen molar-refractivity contribution in [1.82, 2.24) is 15.4 Å². The van der Waals surface area contributed by atoms with E-state index < -0.39 is 0 Å². The molecule has 32 heavy (non-hydrogen) atoms. The van der Waals surface area contributed by atoms with Crippen LogP contribution >= 0.6 is 0 Å². The zero-order chi connectivity index (χ0) is 22.9. The number of carbonyl (C=O) groups is 2. The van der Waals surface area contributed by atoms with E-state index >= 15 is 0 Å². The van der Waals surface area contributed by atoms with Gasteiger partial charge in [0.05, 0.1) is 6.54 Å². The molecule has 0 saturated heterocycles. The van der Waals surface area contributed by atoms with Crippen LogP contribution in [0.25, 0.3) is 0 Å². The Hall–Kier alpha value is -3.61. The molecule has 1 N–H and O–H groups in total. The maximum atomic E-state index is 12.7. The minimum absolute atomic E-state index is 0.0746. The summed E-state index contributed by atoms with van der Waals surface area (Å²) < 4.78 is 10.9. The number of hydrogen-bond donors (Lipinski definition) is 1. The molecule has 0 radical (unpaired) electrons. The fraction of sp³-hybridized carbons (Fsp3) is 0.320. The Bertz CT molecular complexity index is 1010. The first-order chi connectivity index (χ1) is 15.4. The molecule has 0 unspecified atom stereocenters. The van der Waals surface area contributed by atoms with Crippen molar-refractivity contribution in [2.75, 3.05) is 13.2 Å². The lowest BCUT2D eigenvalue weighted by molar-refractivity contribution is -0.134. The SMILES string of the molecule is Cc1ccc(CNC(=O)c2cc(CN(CC(C)C)C(=O)COc3ccccc3)on2)cc1. The highest BCUT2D eigenvalue weighted by Crippen LogP contribution is 2.13. The first-order valence-corrected chi connectivity index (χ1v) is 10.7. The number of para-hydroxylation sites is 1. The zero-order valence-corrected chi connectivity index (χ0v) is 18.7. The standard InChI is InChI=1S/C25H29N3O4/c1-18(2)15-28(24(29)17-31-21-7-5-4-6-8-21)16-22-13-23(27-32-22)25(30)26-14-20-11-9-19(3)10-12-20/h4-13,18H,14-17H2,1-3H3,(H,26,30). The van der Waals surface area contributed by atoms with Gasteiger partial charge in [-0.2, -0.15) is 0 Å². The van der Waals surface area contributed by atoms with Crippen molar-refractivity contribution in [1.29, 1.82) is 0 Å². The van der Waals surface area contributed by atoms with E-state index in [0.717, 1.165) is 11.1 Å². The van der Waals surface area contributed by atoms with Crippen molar-refractivity contribution in [3.63, 3.8) is 0 Å². The Labute approximate surface area is 188 Å². The molecule has 3 aromatic rings. The van der Waals surface area contributed by atoms with E-state index in [4.69, 9.17) is 9.26 Å². The van der Waals surface area contributed by atoms with Gasteiger partial charge >= 0.3 is 0 Å². The summed E-state index contributed by atoms with van der Waals surface area (Å²) in [4.78, 5) is 26.8. The number of nitrogens with zero attached hydrogens (tertiary/aromatic N) is 2. The van der Waals surface area contributed by atoms with Gasteiger partial charge in [-0.15, -0.1) is 0 Å². The third-order valence-electron chi connectivity index (χ3n) is 4.76. The first kappa shape index (κ1) is 23.1. The van der Waals surface area contributed by atoms with Crippen LogP contribution in [-0.2, 0) is 17.9 Å². The van der Waals surface area contributed by atoms with Gasteiger partial charge in [-0.1, -0.05) is 67.0 Å². The van der Waals surface area contributed by atoms with Crippen molar-refractivity contribution < 1.29 is 18.8 Å². The third-order valence-corrected chi connectivity index (χ3v) is 4.76. The van der Waals surface area contributed by atoms with E-state index in [-0.39, 0.29) is 36.6 Å². The second kappa shape index (κ2) is 11.1. The highest BCUT2D eigenvalue weighted by Gasteiger charge is 2.20. The second-order valence-electron chi connectivity index (χ2n) is 8.12. The Morgan fingerprint density at radius 1 is 1.09 bits per heavy atom. The van der Waals surface area contributed by atoms with Crippen LogP contribution in [-0.4, -0.2) is 35.0 Å². The molecule has 7 heteroatoms. The van der Waals surface area contributed by atoms with Gasteiger partial charge in [-0.3, -0.25) is 9.59 Å². The van der Waals surface area contributed by atoms with Crippen LogP contribution in [0, 0.1) is 12.8 Å². The molecule has 7 nitrogen and oxygen atoms in total. The molecule has 0 saturated carbocycles. The molecule has 0 fully saturated rings. The molecule has 3 rings (SSSR count). The fourth-order valence-electron chi connectivity index (χ4n) is 3.11. The van der Waals surface area contributed by atoms with Gasteiger partial charge in [0, 0.05) is 19.2 Å². The molecule has 2 aromatic carbocycles. The maximum Gasteiger partial charge on any atom is 0.273 e. The average Bonchev–Trinajstić information content (AvgIpc) is 3.25. The van der Waals surface area contributed by atoms with Crippen molar-refractivity contribution in [3.05, 3.63) is 83.2 Å². The Balaban J connectivity index is 1.57. The van der Waals surface area contributed by atoms with Crippen molar-refractivity contribution in [3.8, 4) is 5.75 Å². The number of benzene rings is 2. The van der Waals surface area contributed by atoms with Crippen LogP contribution in [0.1, 0.15) is 41.2 Å². The number of aryl methyl sites for hydroxylation is 1. The number of ether oxygens (including phenoxy) is 1. The van der Waals surface area contributed by atoms with Gasteiger partial charge in [0.25, 0.3) is 11.8 Å². The van der Waals surface area contributed by atoms with Gasteiger partial charge in [0.1, 0.15) is 5.75 Å². The molecule has 0 bridgehead atoms. The fourth-order valence-corrected chi connectivity index (χ4v) is 3.11. The van der Waals surface area contributed by atoms with E-state index in [9.17, 15) is 9.59 Å². The van der Waals surface area contributed by atoms with Gasteiger partial charge in [-0.25, -0.2) is 0 Å². The summed E-state index contributed by atoms with van der Waals surface area (Å²) in [6, 6.07) is 18.7. The van der Waals surface area contributed by atoms with Crippen LogP contribution in [0.2, 0.25) is 0 Å². The summed E-state index contributed by atoms with van der Waals surface area (Å²) in [5, 5.41) is 6.70. The lowest BCUT2D eigenvalue weighted by Gasteiger charge is -2.23. The Morgan fingerprint density at radius 2 is 1.81 bits per heavy atom. The van der Waals surface area contributed by atoms with E-state index in [0.29, 0.717) is 24.6 Å². The summed E-state index contributed by atoms with van der Waals surface area (Å²) in [6.45, 7) is 7.15. The molecule has 0 spiro atoms. The second-order valence-corrected chi connectivity index (χ2v) is 8.12. The Kier molecular flexibility index (Phi) is 8.02. The highest BCUT2D eigenvalue weighted by atomic mass is 16.5. The molecule has 1 aromatic heterocycles. The highest BCUT2D eigenvalue weighted by molar-refractivity contribution is 5.92. The smallest absolute Gasteiger partial charge is 0.273 e.